The molecule has 0 aromatic rings. The minimum Gasteiger partial charge on any atom is -0.377 e. The molecule has 0 unspecified atom stereocenters. The standard InChI is InChI=1S/C20H37N5O9/c1-2-17(27)22-3-5-31-7-9-33-11-12-34-10-8-32-6-4-23-19(29)14-25-20(30)15-24-18(28)13-21-16-26/h16H,2-15H2,1H3,(H,21,26)(H,22,27)(H,23,29)(H,24,28)(H,25,30). The minimum absolute atomic E-state index is 0.000917. The molecule has 0 bridgehead atoms. The predicted molar refractivity (Wildman–Crippen MR) is 120 cm³/mol. The van der Waals surface area contributed by atoms with Gasteiger partial charge in [0.15, 0.2) is 0 Å². The SMILES string of the molecule is CCC(=O)NCCOCCOCCOCCOCCNC(=O)CNC(=O)CNC(=O)CNC=O. The molecule has 0 radical (unpaired) electrons. The molecular weight excluding hydrogens is 454 g/mol. The zero-order chi connectivity index (χ0) is 25.3. The monoisotopic (exact) mass is 491 g/mol. The molecule has 14 heteroatoms. The third kappa shape index (κ3) is 22.4. The first-order chi connectivity index (χ1) is 16.5. The molecule has 0 fully saturated rings. The maximum absolute atomic E-state index is 11.6. The van der Waals surface area contributed by atoms with Crippen molar-refractivity contribution in [1.29, 1.82) is 0 Å². The highest BCUT2D eigenvalue weighted by molar-refractivity contribution is 5.88. The van der Waals surface area contributed by atoms with Crippen molar-refractivity contribution in [3.63, 3.8) is 0 Å². The van der Waals surface area contributed by atoms with Gasteiger partial charge in [-0.05, 0) is 0 Å². The van der Waals surface area contributed by atoms with Crippen molar-refractivity contribution in [3.05, 3.63) is 0 Å². The lowest BCUT2D eigenvalue weighted by molar-refractivity contribution is -0.127. The van der Waals surface area contributed by atoms with Gasteiger partial charge in [0.05, 0.1) is 72.5 Å². The normalized spacial score (nSPS) is 10.3. The summed E-state index contributed by atoms with van der Waals surface area (Å²) in [5.41, 5.74) is 0. The lowest BCUT2D eigenvalue weighted by Crippen LogP contribution is -2.44. The Morgan fingerprint density at radius 2 is 0.941 bits per heavy atom. The second kappa shape index (κ2) is 23.4. The molecule has 0 aliphatic rings. The number of hydrogen-bond donors (Lipinski definition) is 5. The third-order valence-electron chi connectivity index (χ3n) is 3.81. The Bertz CT molecular complexity index is 593. The summed E-state index contributed by atoms with van der Waals surface area (Å²) < 4.78 is 21.3. The van der Waals surface area contributed by atoms with Crippen LogP contribution in [-0.2, 0) is 42.9 Å². The van der Waals surface area contributed by atoms with Gasteiger partial charge in [-0.25, -0.2) is 0 Å². The fourth-order valence-corrected chi connectivity index (χ4v) is 2.09. The molecule has 0 aliphatic carbocycles. The molecule has 0 atom stereocenters. The van der Waals surface area contributed by atoms with Crippen molar-refractivity contribution in [2.75, 3.05) is 85.6 Å². The van der Waals surface area contributed by atoms with Crippen molar-refractivity contribution in [1.82, 2.24) is 26.6 Å². The summed E-state index contributed by atoms with van der Waals surface area (Å²) >= 11 is 0. The number of nitrogens with one attached hydrogen (secondary N) is 5. The summed E-state index contributed by atoms with van der Waals surface area (Å²) in [7, 11) is 0. The molecule has 5 N–H and O–H groups in total. The van der Waals surface area contributed by atoms with Gasteiger partial charge in [0.1, 0.15) is 0 Å². The van der Waals surface area contributed by atoms with Gasteiger partial charge in [-0.1, -0.05) is 6.92 Å². The van der Waals surface area contributed by atoms with Gasteiger partial charge in [-0.2, -0.15) is 0 Å². The van der Waals surface area contributed by atoms with Crippen molar-refractivity contribution >= 4 is 30.0 Å². The van der Waals surface area contributed by atoms with E-state index in [1.165, 1.54) is 0 Å². The van der Waals surface area contributed by atoms with E-state index in [9.17, 15) is 24.0 Å². The Balaban J connectivity index is 3.34. The molecule has 0 spiro atoms. The smallest absolute Gasteiger partial charge is 0.239 e. The highest BCUT2D eigenvalue weighted by Gasteiger charge is 2.07. The van der Waals surface area contributed by atoms with E-state index in [1.807, 2.05) is 0 Å². The average molecular weight is 492 g/mol. The minimum atomic E-state index is -0.531. The van der Waals surface area contributed by atoms with E-state index in [-0.39, 0.29) is 38.7 Å². The van der Waals surface area contributed by atoms with Gasteiger partial charge < -0.3 is 45.5 Å². The summed E-state index contributed by atoms with van der Waals surface area (Å²) in [6.07, 6.45) is 0.831. The van der Waals surface area contributed by atoms with Gasteiger partial charge in [-0.3, -0.25) is 24.0 Å². The van der Waals surface area contributed by atoms with Crippen LogP contribution in [0, 0.1) is 0 Å². The Hall–Kier alpha value is -2.81. The van der Waals surface area contributed by atoms with E-state index >= 15 is 0 Å². The van der Waals surface area contributed by atoms with Crippen LogP contribution in [0.5, 0.6) is 0 Å². The van der Waals surface area contributed by atoms with Crippen LogP contribution in [0.3, 0.4) is 0 Å². The van der Waals surface area contributed by atoms with Crippen LogP contribution in [0.1, 0.15) is 13.3 Å². The predicted octanol–water partition coefficient (Wildman–Crippen LogP) is -3.33. The van der Waals surface area contributed by atoms with Crippen molar-refractivity contribution in [2.45, 2.75) is 13.3 Å². The Morgan fingerprint density at radius 3 is 1.38 bits per heavy atom. The highest BCUT2D eigenvalue weighted by Crippen LogP contribution is 1.83. The molecule has 5 amide bonds. The second-order valence-electron chi connectivity index (χ2n) is 6.56. The van der Waals surface area contributed by atoms with Crippen LogP contribution in [0.25, 0.3) is 0 Å². The fraction of sp³-hybridized carbons (Fsp3) is 0.750. The zero-order valence-electron chi connectivity index (χ0n) is 19.7. The molecule has 0 saturated heterocycles. The van der Waals surface area contributed by atoms with Gasteiger partial charge in [0, 0.05) is 19.5 Å². The highest BCUT2D eigenvalue weighted by atomic mass is 16.6. The van der Waals surface area contributed by atoms with Crippen LogP contribution in [0.2, 0.25) is 0 Å². The average Bonchev–Trinajstić information content (AvgIpc) is 2.84. The summed E-state index contributed by atoms with van der Waals surface area (Å²) in [5.74, 6) is -1.44. The van der Waals surface area contributed by atoms with Crippen molar-refractivity contribution < 1.29 is 42.9 Å². The first-order valence-electron chi connectivity index (χ1n) is 11.0. The Morgan fingerprint density at radius 1 is 0.559 bits per heavy atom. The lowest BCUT2D eigenvalue weighted by atomic mass is 10.4. The molecule has 0 aliphatic heterocycles. The second-order valence-corrected chi connectivity index (χ2v) is 6.56. The number of hydrogen-bond acceptors (Lipinski definition) is 9. The van der Waals surface area contributed by atoms with Gasteiger partial charge >= 0.3 is 0 Å². The quantitative estimate of drug-likeness (QED) is 0.0721. The molecule has 34 heavy (non-hydrogen) atoms. The van der Waals surface area contributed by atoms with E-state index in [2.05, 4.69) is 26.6 Å². The first kappa shape index (κ1) is 31.2. The van der Waals surface area contributed by atoms with Gasteiger partial charge in [0.25, 0.3) is 0 Å². The molecular formula is C20H37N5O9. The Labute approximate surface area is 199 Å². The summed E-state index contributed by atoms with van der Waals surface area (Å²) in [6.45, 7) is 4.99. The van der Waals surface area contributed by atoms with Crippen LogP contribution in [-0.4, -0.2) is 116 Å². The zero-order valence-corrected chi connectivity index (χ0v) is 19.7. The third-order valence-corrected chi connectivity index (χ3v) is 3.81. The van der Waals surface area contributed by atoms with E-state index in [1.54, 1.807) is 6.92 Å². The molecule has 0 aromatic heterocycles. The number of rotatable bonds is 23. The van der Waals surface area contributed by atoms with Crippen LogP contribution in [0.4, 0.5) is 0 Å². The number of ether oxygens (including phenoxy) is 4. The van der Waals surface area contributed by atoms with Gasteiger partial charge in [0.2, 0.25) is 30.0 Å². The molecule has 0 heterocycles. The fourth-order valence-electron chi connectivity index (χ4n) is 2.09. The summed E-state index contributed by atoms with van der Waals surface area (Å²) in [6, 6.07) is 0. The molecule has 14 nitrogen and oxygen atoms in total. The van der Waals surface area contributed by atoms with Crippen LogP contribution >= 0.6 is 0 Å². The maximum Gasteiger partial charge on any atom is 0.239 e. The number of amides is 5. The molecule has 196 valence electrons. The number of carbonyl (C=O) groups is 5. The van der Waals surface area contributed by atoms with Crippen LogP contribution < -0.4 is 26.6 Å². The number of carbonyl (C=O) groups excluding carboxylic acids is 5. The summed E-state index contributed by atoms with van der Waals surface area (Å²) in [5, 5.41) is 12.1. The van der Waals surface area contributed by atoms with Crippen molar-refractivity contribution in [2.24, 2.45) is 0 Å². The van der Waals surface area contributed by atoms with Crippen LogP contribution in [0.15, 0.2) is 0 Å². The maximum atomic E-state index is 11.6. The molecule has 0 aromatic carbocycles. The first-order valence-corrected chi connectivity index (χ1v) is 11.0. The molecule has 0 saturated carbocycles. The largest absolute Gasteiger partial charge is 0.377 e. The Kier molecular flexibility index (Phi) is 21.4. The topological polar surface area (TPSA) is 182 Å². The summed E-state index contributed by atoms with van der Waals surface area (Å²) in [4.78, 5) is 55.4. The van der Waals surface area contributed by atoms with Gasteiger partial charge in [-0.15, -0.1) is 0 Å². The molecule has 0 rings (SSSR count). The van der Waals surface area contributed by atoms with E-state index < -0.39 is 17.7 Å². The van der Waals surface area contributed by atoms with E-state index in [4.69, 9.17) is 18.9 Å². The lowest BCUT2D eigenvalue weighted by Gasteiger charge is -2.09. The van der Waals surface area contributed by atoms with Crippen molar-refractivity contribution in [3.8, 4) is 0 Å². The van der Waals surface area contributed by atoms with E-state index in [0.717, 1.165) is 0 Å². The van der Waals surface area contributed by atoms with E-state index in [0.29, 0.717) is 65.6 Å².